The highest BCUT2D eigenvalue weighted by atomic mass is 32.1. The largest absolute Gasteiger partial charge is 0.480 e. The summed E-state index contributed by atoms with van der Waals surface area (Å²) in [5.41, 5.74) is 1.61. The van der Waals surface area contributed by atoms with Crippen LogP contribution in [0.25, 0.3) is 21.6 Å². The van der Waals surface area contributed by atoms with E-state index in [0.717, 1.165) is 15.8 Å². The summed E-state index contributed by atoms with van der Waals surface area (Å²) in [7, 11) is 1.58. The summed E-state index contributed by atoms with van der Waals surface area (Å²) in [6.07, 6.45) is 0. The number of ether oxygens (including phenoxy) is 1. The highest BCUT2D eigenvalue weighted by Crippen LogP contribution is 2.30. The monoisotopic (exact) mass is 260 g/mol. The van der Waals surface area contributed by atoms with Crippen LogP contribution in [0.2, 0.25) is 0 Å². The highest BCUT2D eigenvalue weighted by Gasteiger charge is 2.10. The van der Waals surface area contributed by atoms with E-state index in [1.54, 1.807) is 19.2 Å². The molecule has 0 bridgehead atoms. The molecule has 0 amide bonds. The minimum Gasteiger partial charge on any atom is -0.480 e. The molecule has 0 radical (unpaired) electrons. The van der Waals surface area contributed by atoms with Gasteiger partial charge in [-0.05, 0) is 35.7 Å². The molecular weight excluding hydrogens is 251 g/mol. The molecule has 2 heterocycles. The van der Waals surface area contributed by atoms with Gasteiger partial charge < -0.3 is 4.74 Å². The minimum atomic E-state index is -0.276. The zero-order valence-corrected chi connectivity index (χ0v) is 10.4. The summed E-state index contributed by atoms with van der Waals surface area (Å²) in [5.74, 6) is 0.814. The lowest BCUT2D eigenvalue weighted by atomic mass is 10.2. The molecule has 0 aliphatic heterocycles. The lowest BCUT2D eigenvalue weighted by Gasteiger charge is -2.04. The van der Waals surface area contributed by atoms with Crippen LogP contribution in [0.1, 0.15) is 0 Å². The molecule has 3 rings (SSSR count). The molecule has 0 saturated heterocycles. The third-order valence-corrected chi connectivity index (χ3v) is 3.46. The third kappa shape index (κ3) is 1.82. The Morgan fingerprint density at radius 3 is 2.61 bits per heavy atom. The Kier molecular flexibility index (Phi) is 2.68. The number of nitrogens with zero attached hydrogens (tertiary/aromatic N) is 2. The zero-order valence-electron chi connectivity index (χ0n) is 9.55. The molecule has 0 unspecified atom stereocenters. The van der Waals surface area contributed by atoms with Crippen molar-refractivity contribution in [2.45, 2.75) is 0 Å². The van der Waals surface area contributed by atoms with E-state index in [0.29, 0.717) is 11.7 Å². The highest BCUT2D eigenvalue weighted by molar-refractivity contribution is 7.17. The van der Waals surface area contributed by atoms with Crippen LogP contribution in [0, 0.1) is 5.82 Å². The lowest BCUT2D eigenvalue weighted by molar-refractivity contribution is 0.404. The summed E-state index contributed by atoms with van der Waals surface area (Å²) in [4.78, 5) is 8.79. The third-order valence-electron chi connectivity index (χ3n) is 2.57. The van der Waals surface area contributed by atoms with Crippen molar-refractivity contribution in [1.82, 2.24) is 9.97 Å². The molecule has 0 N–H and O–H groups in total. The second kappa shape index (κ2) is 4.34. The van der Waals surface area contributed by atoms with E-state index in [1.807, 2.05) is 11.4 Å². The van der Waals surface area contributed by atoms with Gasteiger partial charge in [0, 0.05) is 5.56 Å². The van der Waals surface area contributed by atoms with Crippen LogP contribution < -0.4 is 4.74 Å². The maximum absolute atomic E-state index is 12.9. The fraction of sp³-hybridized carbons (Fsp3) is 0.0769. The van der Waals surface area contributed by atoms with Crippen molar-refractivity contribution < 1.29 is 9.13 Å². The predicted octanol–water partition coefficient (Wildman–Crippen LogP) is 3.51. The first-order chi connectivity index (χ1) is 8.78. The van der Waals surface area contributed by atoms with E-state index >= 15 is 0 Å². The molecule has 2 aromatic heterocycles. The number of hydrogen-bond donors (Lipinski definition) is 0. The first-order valence-corrected chi connectivity index (χ1v) is 6.21. The van der Waals surface area contributed by atoms with Gasteiger partial charge in [0.25, 0.3) is 0 Å². The number of thiophene rings is 1. The number of methoxy groups -OCH3 is 1. The summed E-state index contributed by atoms with van der Waals surface area (Å²) >= 11 is 1.53. The maximum atomic E-state index is 12.9. The summed E-state index contributed by atoms with van der Waals surface area (Å²) in [5, 5.41) is 1.94. The van der Waals surface area contributed by atoms with Crippen LogP contribution in [0.15, 0.2) is 35.7 Å². The Labute approximate surface area is 107 Å². The van der Waals surface area contributed by atoms with Crippen molar-refractivity contribution >= 4 is 21.6 Å². The fourth-order valence-electron chi connectivity index (χ4n) is 1.70. The predicted molar refractivity (Wildman–Crippen MR) is 69.4 cm³/mol. The molecule has 0 aliphatic carbocycles. The number of halogens is 1. The van der Waals surface area contributed by atoms with E-state index in [4.69, 9.17) is 4.74 Å². The minimum absolute atomic E-state index is 0.276. The van der Waals surface area contributed by atoms with E-state index in [1.165, 1.54) is 23.5 Å². The summed E-state index contributed by atoms with van der Waals surface area (Å²) < 4.78 is 19.1. The van der Waals surface area contributed by atoms with E-state index in [2.05, 4.69) is 9.97 Å². The van der Waals surface area contributed by atoms with E-state index in [9.17, 15) is 4.39 Å². The van der Waals surface area contributed by atoms with Gasteiger partial charge in [0.1, 0.15) is 10.5 Å². The quantitative estimate of drug-likeness (QED) is 0.707. The van der Waals surface area contributed by atoms with Crippen LogP contribution in [0.4, 0.5) is 4.39 Å². The van der Waals surface area contributed by atoms with Gasteiger partial charge in [-0.3, -0.25) is 0 Å². The molecule has 0 aliphatic rings. The second-order valence-electron chi connectivity index (χ2n) is 3.70. The van der Waals surface area contributed by atoms with Gasteiger partial charge in [0.15, 0.2) is 5.82 Å². The Morgan fingerprint density at radius 2 is 1.89 bits per heavy atom. The average Bonchev–Trinajstić information content (AvgIpc) is 2.86. The van der Waals surface area contributed by atoms with Crippen LogP contribution in [0.3, 0.4) is 0 Å². The molecule has 0 saturated carbocycles. The zero-order chi connectivity index (χ0) is 12.5. The SMILES string of the molecule is COc1nc(-c2ccc(F)cc2)nc2ccsc12. The first-order valence-electron chi connectivity index (χ1n) is 5.33. The topological polar surface area (TPSA) is 35.0 Å². The van der Waals surface area contributed by atoms with Crippen molar-refractivity contribution in [3.05, 3.63) is 41.5 Å². The van der Waals surface area contributed by atoms with Gasteiger partial charge in [-0.2, -0.15) is 4.98 Å². The normalized spacial score (nSPS) is 10.8. The second-order valence-corrected chi connectivity index (χ2v) is 4.61. The number of benzene rings is 1. The Balaban J connectivity index is 2.19. The number of fused-ring (bicyclic) bond motifs is 1. The van der Waals surface area contributed by atoms with Crippen LogP contribution in [0.5, 0.6) is 5.88 Å². The molecule has 3 aromatic rings. The number of aromatic nitrogens is 2. The maximum Gasteiger partial charge on any atom is 0.235 e. The molecule has 1 aromatic carbocycles. The molecule has 0 fully saturated rings. The summed E-state index contributed by atoms with van der Waals surface area (Å²) in [6.45, 7) is 0. The standard InChI is InChI=1S/C13H9FN2OS/c1-17-13-11-10(6-7-18-11)15-12(16-13)8-2-4-9(14)5-3-8/h2-7H,1H3. The number of hydrogen-bond acceptors (Lipinski definition) is 4. The van der Waals surface area contributed by atoms with Gasteiger partial charge in [-0.1, -0.05) is 0 Å². The van der Waals surface area contributed by atoms with Crippen molar-refractivity contribution in [3.63, 3.8) is 0 Å². The van der Waals surface area contributed by atoms with Crippen LogP contribution in [-0.4, -0.2) is 17.1 Å². The molecule has 3 nitrogen and oxygen atoms in total. The van der Waals surface area contributed by atoms with Gasteiger partial charge in [0.05, 0.1) is 12.6 Å². The van der Waals surface area contributed by atoms with Gasteiger partial charge in [-0.25, -0.2) is 9.37 Å². The van der Waals surface area contributed by atoms with Gasteiger partial charge in [-0.15, -0.1) is 11.3 Å². The van der Waals surface area contributed by atoms with Crippen LogP contribution >= 0.6 is 11.3 Å². The molecule has 90 valence electrons. The lowest BCUT2D eigenvalue weighted by Crippen LogP contribution is -1.94. The Morgan fingerprint density at radius 1 is 1.11 bits per heavy atom. The molecule has 0 spiro atoms. The molecular formula is C13H9FN2OS. The molecule has 18 heavy (non-hydrogen) atoms. The first kappa shape index (κ1) is 11.1. The van der Waals surface area contributed by atoms with E-state index in [-0.39, 0.29) is 5.82 Å². The molecule has 5 heteroatoms. The van der Waals surface area contributed by atoms with E-state index < -0.39 is 0 Å². The van der Waals surface area contributed by atoms with Crippen molar-refractivity contribution in [2.75, 3.05) is 7.11 Å². The van der Waals surface area contributed by atoms with Crippen LogP contribution in [-0.2, 0) is 0 Å². The Bertz CT molecular complexity index is 694. The van der Waals surface area contributed by atoms with Crippen molar-refractivity contribution in [1.29, 1.82) is 0 Å². The van der Waals surface area contributed by atoms with Crippen molar-refractivity contribution in [2.24, 2.45) is 0 Å². The Hall–Kier alpha value is -2.01. The number of rotatable bonds is 2. The van der Waals surface area contributed by atoms with Gasteiger partial charge >= 0.3 is 0 Å². The average molecular weight is 260 g/mol. The summed E-state index contributed by atoms with van der Waals surface area (Å²) in [6, 6.07) is 8.01. The van der Waals surface area contributed by atoms with Gasteiger partial charge in [0.2, 0.25) is 5.88 Å². The molecule has 0 atom stereocenters. The van der Waals surface area contributed by atoms with Crippen molar-refractivity contribution in [3.8, 4) is 17.3 Å². The smallest absolute Gasteiger partial charge is 0.235 e. The fourth-order valence-corrected chi connectivity index (χ4v) is 2.50.